The van der Waals surface area contributed by atoms with Gasteiger partial charge in [0.25, 0.3) is 0 Å². The first kappa shape index (κ1) is 12.8. The minimum atomic E-state index is 0.287. The highest BCUT2D eigenvalue weighted by molar-refractivity contribution is 5.76. The van der Waals surface area contributed by atoms with Crippen molar-refractivity contribution >= 4 is 5.91 Å². The van der Waals surface area contributed by atoms with Gasteiger partial charge in [-0.3, -0.25) is 4.79 Å². The molecular formula is C13H24N2O2. The van der Waals surface area contributed by atoms with Gasteiger partial charge in [0.05, 0.1) is 6.10 Å². The molecule has 1 amide bonds. The van der Waals surface area contributed by atoms with Crippen LogP contribution in [0.2, 0.25) is 0 Å². The van der Waals surface area contributed by atoms with Gasteiger partial charge in [-0.1, -0.05) is 0 Å². The number of ether oxygens (including phenoxy) is 1. The lowest BCUT2D eigenvalue weighted by atomic mass is 10.0. The number of hydrogen-bond acceptors (Lipinski definition) is 3. The van der Waals surface area contributed by atoms with Gasteiger partial charge >= 0.3 is 0 Å². The Morgan fingerprint density at radius 2 is 2.24 bits per heavy atom. The minimum Gasteiger partial charge on any atom is -0.378 e. The molecule has 2 aliphatic rings. The molecule has 17 heavy (non-hydrogen) atoms. The van der Waals surface area contributed by atoms with Crippen LogP contribution >= 0.6 is 0 Å². The van der Waals surface area contributed by atoms with Crippen LogP contribution < -0.4 is 5.73 Å². The summed E-state index contributed by atoms with van der Waals surface area (Å²) in [6.07, 6.45) is 6.47. The molecule has 2 N–H and O–H groups in total. The average molecular weight is 240 g/mol. The minimum absolute atomic E-state index is 0.287. The number of likely N-dealkylation sites (tertiary alicyclic amines) is 1. The Balaban J connectivity index is 1.66. The van der Waals surface area contributed by atoms with E-state index in [1.807, 2.05) is 4.90 Å². The SMILES string of the molecule is NCC1CCN(C(=O)CCC2CCCCO2)C1. The molecule has 0 bridgehead atoms. The smallest absolute Gasteiger partial charge is 0.222 e. The van der Waals surface area contributed by atoms with Gasteiger partial charge in [-0.2, -0.15) is 0 Å². The monoisotopic (exact) mass is 240 g/mol. The molecule has 2 fully saturated rings. The fourth-order valence-corrected chi connectivity index (χ4v) is 2.73. The van der Waals surface area contributed by atoms with Crippen LogP contribution in [0.3, 0.4) is 0 Å². The average Bonchev–Trinajstić information content (AvgIpc) is 2.86. The number of rotatable bonds is 4. The molecule has 0 aromatic heterocycles. The molecule has 2 unspecified atom stereocenters. The van der Waals surface area contributed by atoms with Gasteiger partial charge in [-0.15, -0.1) is 0 Å². The zero-order chi connectivity index (χ0) is 12.1. The zero-order valence-electron chi connectivity index (χ0n) is 10.6. The summed E-state index contributed by atoms with van der Waals surface area (Å²) in [5.74, 6) is 0.806. The van der Waals surface area contributed by atoms with Crippen molar-refractivity contribution in [2.24, 2.45) is 11.7 Å². The van der Waals surface area contributed by atoms with E-state index in [0.29, 0.717) is 25.0 Å². The van der Waals surface area contributed by atoms with Gasteiger partial charge in [-0.25, -0.2) is 0 Å². The zero-order valence-corrected chi connectivity index (χ0v) is 10.6. The first-order chi connectivity index (χ1) is 8.29. The van der Waals surface area contributed by atoms with Crippen LogP contribution in [-0.2, 0) is 9.53 Å². The van der Waals surface area contributed by atoms with E-state index < -0.39 is 0 Å². The third-order valence-electron chi connectivity index (χ3n) is 3.93. The third-order valence-corrected chi connectivity index (χ3v) is 3.93. The number of carbonyl (C=O) groups excluding carboxylic acids is 1. The Morgan fingerprint density at radius 3 is 2.88 bits per heavy atom. The summed E-state index contributed by atoms with van der Waals surface area (Å²) in [4.78, 5) is 14.0. The topological polar surface area (TPSA) is 55.6 Å². The summed E-state index contributed by atoms with van der Waals surface area (Å²) in [5, 5.41) is 0. The van der Waals surface area contributed by atoms with E-state index >= 15 is 0 Å². The normalized spacial score (nSPS) is 29.6. The predicted octanol–water partition coefficient (Wildman–Crippen LogP) is 1.14. The highest BCUT2D eigenvalue weighted by Gasteiger charge is 2.25. The highest BCUT2D eigenvalue weighted by Crippen LogP contribution is 2.20. The number of nitrogens with zero attached hydrogens (tertiary/aromatic N) is 1. The second-order valence-corrected chi connectivity index (χ2v) is 5.26. The summed E-state index contributed by atoms with van der Waals surface area (Å²) in [6, 6.07) is 0. The van der Waals surface area contributed by atoms with Crippen molar-refractivity contribution in [1.82, 2.24) is 4.90 Å². The van der Waals surface area contributed by atoms with Crippen LogP contribution in [0.5, 0.6) is 0 Å². The molecular weight excluding hydrogens is 216 g/mol. The molecule has 98 valence electrons. The molecule has 2 heterocycles. The van der Waals surface area contributed by atoms with Crippen molar-refractivity contribution in [1.29, 1.82) is 0 Å². The highest BCUT2D eigenvalue weighted by atomic mass is 16.5. The molecule has 0 aromatic carbocycles. The molecule has 0 aliphatic carbocycles. The van der Waals surface area contributed by atoms with Crippen LogP contribution in [0.15, 0.2) is 0 Å². The van der Waals surface area contributed by atoms with Crippen LogP contribution in [0.4, 0.5) is 0 Å². The fraction of sp³-hybridized carbons (Fsp3) is 0.923. The fourth-order valence-electron chi connectivity index (χ4n) is 2.73. The van der Waals surface area contributed by atoms with E-state index in [1.54, 1.807) is 0 Å². The lowest BCUT2D eigenvalue weighted by Gasteiger charge is -2.23. The Hall–Kier alpha value is -0.610. The maximum absolute atomic E-state index is 12.0. The lowest BCUT2D eigenvalue weighted by molar-refractivity contribution is -0.131. The predicted molar refractivity (Wildman–Crippen MR) is 66.6 cm³/mol. The van der Waals surface area contributed by atoms with Crippen molar-refractivity contribution < 1.29 is 9.53 Å². The van der Waals surface area contributed by atoms with Crippen molar-refractivity contribution in [2.45, 2.75) is 44.6 Å². The van der Waals surface area contributed by atoms with Crippen LogP contribution in [0.1, 0.15) is 38.5 Å². The number of amides is 1. The Kier molecular flexibility index (Phi) is 4.80. The molecule has 4 heteroatoms. The summed E-state index contributed by atoms with van der Waals surface area (Å²) in [6.45, 7) is 3.33. The van der Waals surface area contributed by atoms with Crippen LogP contribution in [-0.4, -0.2) is 43.2 Å². The maximum atomic E-state index is 12.0. The van der Waals surface area contributed by atoms with E-state index in [2.05, 4.69) is 0 Å². The van der Waals surface area contributed by atoms with Crippen LogP contribution in [0, 0.1) is 5.92 Å². The van der Waals surface area contributed by atoms with E-state index in [9.17, 15) is 4.79 Å². The molecule has 0 radical (unpaired) electrons. The summed E-state index contributed by atoms with van der Waals surface area (Å²) >= 11 is 0. The quantitative estimate of drug-likeness (QED) is 0.802. The Bertz CT molecular complexity index is 252. The van der Waals surface area contributed by atoms with Crippen molar-refractivity contribution in [3.05, 3.63) is 0 Å². The van der Waals surface area contributed by atoms with Gasteiger partial charge in [0, 0.05) is 26.1 Å². The van der Waals surface area contributed by atoms with Gasteiger partial charge in [0.2, 0.25) is 5.91 Å². The molecule has 2 aliphatic heterocycles. The largest absolute Gasteiger partial charge is 0.378 e. The summed E-state index contributed by atoms with van der Waals surface area (Å²) < 4.78 is 5.64. The van der Waals surface area contributed by atoms with Gasteiger partial charge < -0.3 is 15.4 Å². The molecule has 2 saturated heterocycles. The van der Waals surface area contributed by atoms with Crippen molar-refractivity contribution in [3.8, 4) is 0 Å². The maximum Gasteiger partial charge on any atom is 0.222 e. The molecule has 2 atom stereocenters. The van der Waals surface area contributed by atoms with E-state index in [-0.39, 0.29) is 5.91 Å². The van der Waals surface area contributed by atoms with Crippen LogP contribution in [0.25, 0.3) is 0 Å². The summed E-state index contributed by atoms with van der Waals surface area (Å²) in [5.41, 5.74) is 5.63. The van der Waals surface area contributed by atoms with E-state index in [1.165, 1.54) is 12.8 Å². The second kappa shape index (κ2) is 6.36. The van der Waals surface area contributed by atoms with Gasteiger partial charge in [-0.05, 0) is 44.6 Å². The molecule has 2 rings (SSSR count). The lowest BCUT2D eigenvalue weighted by Crippen LogP contribution is -2.31. The standard InChI is InChI=1S/C13H24N2O2/c14-9-11-6-7-15(10-11)13(16)5-4-12-3-1-2-8-17-12/h11-12H,1-10,14H2. The number of nitrogens with two attached hydrogens (primary N) is 1. The first-order valence-electron chi connectivity index (χ1n) is 6.89. The Labute approximate surface area is 103 Å². The Morgan fingerprint density at radius 1 is 1.35 bits per heavy atom. The molecule has 4 nitrogen and oxygen atoms in total. The number of carbonyl (C=O) groups is 1. The van der Waals surface area contributed by atoms with Crippen molar-refractivity contribution in [3.63, 3.8) is 0 Å². The van der Waals surface area contributed by atoms with Gasteiger partial charge in [0.1, 0.15) is 0 Å². The van der Waals surface area contributed by atoms with Gasteiger partial charge in [0.15, 0.2) is 0 Å². The molecule has 0 aromatic rings. The first-order valence-corrected chi connectivity index (χ1v) is 6.89. The number of hydrogen-bond donors (Lipinski definition) is 1. The van der Waals surface area contributed by atoms with E-state index in [0.717, 1.165) is 39.0 Å². The third kappa shape index (κ3) is 3.68. The summed E-state index contributed by atoms with van der Waals surface area (Å²) in [7, 11) is 0. The van der Waals surface area contributed by atoms with E-state index in [4.69, 9.17) is 10.5 Å². The van der Waals surface area contributed by atoms with Crippen molar-refractivity contribution in [2.75, 3.05) is 26.2 Å². The second-order valence-electron chi connectivity index (χ2n) is 5.26. The molecule has 0 saturated carbocycles. The molecule has 0 spiro atoms.